The van der Waals surface area contributed by atoms with Crippen LogP contribution in [0.4, 0.5) is 0 Å². The second-order valence-corrected chi connectivity index (χ2v) is 9.71. The Kier molecular flexibility index (Phi) is 5.43. The first-order valence-corrected chi connectivity index (χ1v) is 11.8. The van der Waals surface area contributed by atoms with Gasteiger partial charge in [0.05, 0.1) is 21.9 Å². The van der Waals surface area contributed by atoms with E-state index in [1.54, 1.807) is 36.7 Å². The molecule has 0 radical (unpaired) electrons. The molecule has 0 spiro atoms. The summed E-state index contributed by atoms with van der Waals surface area (Å²) in [5.74, 6) is -0.177. The molecule has 4 rings (SSSR count). The van der Waals surface area contributed by atoms with Crippen LogP contribution in [0, 0.1) is 0 Å². The van der Waals surface area contributed by atoms with E-state index in [1.165, 1.54) is 6.07 Å². The third kappa shape index (κ3) is 3.99. The first-order valence-electron chi connectivity index (χ1n) is 10.3. The molecule has 0 saturated heterocycles. The van der Waals surface area contributed by atoms with E-state index < -0.39 is 21.3 Å². The van der Waals surface area contributed by atoms with Crippen LogP contribution in [0.15, 0.2) is 53.7 Å². The van der Waals surface area contributed by atoms with Gasteiger partial charge in [-0.05, 0) is 69.0 Å². The van der Waals surface area contributed by atoms with Crippen LogP contribution in [0.25, 0.3) is 10.9 Å². The van der Waals surface area contributed by atoms with Crippen molar-refractivity contribution in [3.8, 4) is 5.88 Å². The minimum Gasteiger partial charge on any atom is -0.475 e. The lowest BCUT2D eigenvalue weighted by molar-refractivity contribution is -0.121. The average molecular weight is 440 g/mol. The minimum atomic E-state index is -4.09. The third-order valence-corrected chi connectivity index (χ3v) is 6.87. The van der Waals surface area contributed by atoms with Crippen molar-refractivity contribution in [2.24, 2.45) is 0 Å². The zero-order valence-electron chi connectivity index (χ0n) is 17.8. The average Bonchev–Trinajstić information content (AvgIpc) is 3.55. The van der Waals surface area contributed by atoms with Gasteiger partial charge in [-0.1, -0.05) is 13.0 Å². The molecule has 8 heteroatoms. The van der Waals surface area contributed by atoms with Crippen LogP contribution in [0.3, 0.4) is 0 Å². The van der Waals surface area contributed by atoms with Crippen molar-refractivity contribution in [2.75, 3.05) is 0 Å². The van der Waals surface area contributed by atoms with Crippen molar-refractivity contribution in [2.45, 2.75) is 56.4 Å². The first-order chi connectivity index (χ1) is 14.8. The summed E-state index contributed by atoms with van der Waals surface area (Å²) in [6, 6.07) is 10.1. The molecule has 1 saturated carbocycles. The lowest BCUT2D eigenvalue weighted by Gasteiger charge is -2.21. The summed E-state index contributed by atoms with van der Waals surface area (Å²) in [6.07, 6.45) is 5.03. The van der Waals surface area contributed by atoms with Crippen molar-refractivity contribution in [3.63, 3.8) is 0 Å². The number of ether oxygens (including phenoxy) is 1. The molecule has 31 heavy (non-hydrogen) atoms. The standard InChI is InChI=1S/C23H25N3O4S/c1-4-16-13-18(21(25-14-16)30-15(2)3)23(10-11-23)22(27)26-31(28,29)20-9-5-8-19-17(20)7-6-12-24-19/h5-9,12-15H,4,10-11H2,1-3H3,(H,26,27). The molecule has 1 fully saturated rings. The van der Waals surface area contributed by atoms with Crippen LogP contribution in [0.2, 0.25) is 0 Å². The van der Waals surface area contributed by atoms with Crippen molar-refractivity contribution in [3.05, 3.63) is 59.9 Å². The van der Waals surface area contributed by atoms with Gasteiger partial charge in [-0.2, -0.15) is 0 Å². The lowest BCUT2D eigenvalue weighted by Crippen LogP contribution is -2.39. The zero-order valence-corrected chi connectivity index (χ0v) is 18.6. The third-order valence-electron chi connectivity index (χ3n) is 5.49. The number of aromatic nitrogens is 2. The second kappa shape index (κ2) is 7.92. The molecule has 0 atom stereocenters. The molecule has 1 aliphatic rings. The largest absolute Gasteiger partial charge is 0.475 e. The Morgan fingerprint density at radius 3 is 2.65 bits per heavy atom. The number of carbonyl (C=O) groups is 1. The number of nitrogens with one attached hydrogen (secondary N) is 1. The van der Waals surface area contributed by atoms with E-state index in [9.17, 15) is 13.2 Å². The zero-order chi connectivity index (χ0) is 22.2. The predicted molar refractivity (Wildman–Crippen MR) is 117 cm³/mol. The first kappa shape index (κ1) is 21.2. The van der Waals surface area contributed by atoms with E-state index in [0.717, 1.165) is 12.0 Å². The monoisotopic (exact) mass is 439 g/mol. The Morgan fingerprint density at radius 2 is 1.97 bits per heavy atom. The summed E-state index contributed by atoms with van der Waals surface area (Å²) in [4.78, 5) is 21.9. The van der Waals surface area contributed by atoms with Crippen LogP contribution in [0.1, 0.15) is 44.7 Å². The highest BCUT2D eigenvalue weighted by molar-refractivity contribution is 7.90. The Labute approximate surface area is 181 Å². The van der Waals surface area contributed by atoms with Gasteiger partial charge in [0.25, 0.3) is 10.0 Å². The number of hydrogen-bond donors (Lipinski definition) is 1. The number of pyridine rings is 2. The Hall–Kier alpha value is -3.00. The maximum atomic E-state index is 13.3. The number of sulfonamides is 1. The summed E-state index contributed by atoms with van der Waals surface area (Å²) >= 11 is 0. The van der Waals surface area contributed by atoms with Gasteiger partial charge in [0, 0.05) is 23.3 Å². The highest BCUT2D eigenvalue weighted by Gasteiger charge is 2.54. The molecule has 162 valence electrons. The van der Waals surface area contributed by atoms with Crippen molar-refractivity contribution < 1.29 is 17.9 Å². The molecule has 7 nitrogen and oxygen atoms in total. The highest BCUT2D eigenvalue weighted by atomic mass is 32.2. The second-order valence-electron chi connectivity index (χ2n) is 8.06. The summed E-state index contributed by atoms with van der Waals surface area (Å²) in [6.45, 7) is 5.78. The normalized spacial score (nSPS) is 15.1. The highest BCUT2D eigenvalue weighted by Crippen LogP contribution is 2.51. The topological polar surface area (TPSA) is 98.2 Å². The Morgan fingerprint density at radius 1 is 1.19 bits per heavy atom. The van der Waals surface area contributed by atoms with Crippen LogP contribution < -0.4 is 9.46 Å². The molecule has 1 N–H and O–H groups in total. The van der Waals surface area contributed by atoms with Crippen LogP contribution in [0.5, 0.6) is 5.88 Å². The number of aryl methyl sites for hydroxylation is 1. The van der Waals surface area contributed by atoms with Crippen LogP contribution >= 0.6 is 0 Å². The number of amides is 1. The quantitative estimate of drug-likeness (QED) is 0.605. The fourth-order valence-corrected chi connectivity index (χ4v) is 4.95. The molecule has 0 unspecified atom stereocenters. The van der Waals surface area contributed by atoms with Crippen molar-refractivity contribution in [1.29, 1.82) is 0 Å². The van der Waals surface area contributed by atoms with Gasteiger partial charge in [-0.3, -0.25) is 9.78 Å². The predicted octanol–water partition coefficient (Wildman–Crippen LogP) is 3.52. The van der Waals surface area contributed by atoms with Gasteiger partial charge in [-0.25, -0.2) is 18.1 Å². The van der Waals surface area contributed by atoms with Gasteiger partial charge < -0.3 is 4.74 Å². The summed E-state index contributed by atoms with van der Waals surface area (Å²) in [5.41, 5.74) is 1.20. The smallest absolute Gasteiger partial charge is 0.264 e. The van der Waals surface area contributed by atoms with E-state index in [4.69, 9.17) is 4.74 Å². The molecular weight excluding hydrogens is 414 g/mol. The van der Waals surface area contributed by atoms with Gasteiger partial charge in [-0.15, -0.1) is 0 Å². The Balaban J connectivity index is 1.70. The summed E-state index contributed by atoms with van der Waals surface area (Å²) < 4.78 is 34.4. The maximum absolute atomic E-state index is 13.3. The van der Waals surface area contributed by atoms with E-state index >= 15 is 0 Å². The maximum Gasteiger partial charge on any atom is 0.264 e. The number of hydrogen-bond acceptors (Lipinski definition) is 6. The molecule has 0 bridgehead atoms. The molecule has 1 aromatic carbocycles. The molecule has 2 aromatic heterocycles. The van der Waals surface area contributed by atoms with Gasteiger partial charge in [0.1, 0.15) is 0 Å². The molecule has 0 aliphatic heterocycles. The number of benzene rings is 1. The fourth-order valence-electron chi connectivity index (χ4n) is 3.68. The SMILES string of the molecule is CCc1cnc(OC(C)C)c(C2(C(=O)NS(=O)(=O)c3cccc4ncccc34)CC2)c1. The van der Waals surface area contributed by atoms with Gasteiger partial charge in [0.15, 0.2) is 0 Å². The minimum absolute atomic E-state index is 0.0290. The molecule has 3 aromatic rings. The molecule has 1 amide bonds. The Bertz CT molecular complexity index is 1250. The molecule has 2 heterocycles. The van der Waals surface area contributed by atoms with E-state index in [2.05, 4.69) is 14.7 Å². The van der Waals surface area contributed by atoms with Gasteiger partial charge in [0.2, 0.25) is 11.8 Å². The molecular formula is C23H25N3O4S. The fraction of sp³-hybridized carbons (Fsp3) is 0.348. The number of fused-ring (bicyclic) bond motifs is 1. The summed E-state index contributed by atoms with van der Waals surface area (Å²) in [7, 11) is -4.09. The van der Waals surface area contributed by atoms with E-state index in [-0.39, 0.29) is 11.0 Å². The van der Waals surface area contributed by atoms with Crippen molar-refractivity contribution >= 4 is 26.8 Å². The van der Waals surface area contributed by atoms with Crippen LogP contribution in [-0.4, -0.2) is 30.4 Å². The van der Waals surface area contributed by atoms with Gasteiger partial charge >= 0.3 is 0 Å². The lowest BCUT2D eigenvalue weighted by atomic mass is 9.94. The summed E-state index contributed by atoms with van der Waals surface area (Å²) in [5, 5.41) is 0.466. The molecule has 1 aliphatic carbocycles. The number of carbonyl (C=O) groups excluding carboxylic acids is 1. The van der Waals surface area contributed by atoms with E-state index in [0.29, 0.717) is 35.2 Å². The number of rotatable bonds is 7. The number of nitrogens with zero attached hydrogens (tertiary/aromatic N) is 2. The van der Waals surface area contributed by atoms with Crippen LogP contribution in [-0.2, 0) is 26.7 Å². The van der Waals surface area contributed by atoms with Crippen molar-refractivity contribution in [1.82, 2.24) is 14.7 Å². The van der Waals surface area contributed by atoms with E-state index in [1.807, 2.05) is 26.8 Å².